The smallest absolute Gasteiger partial charge is 0.155 e. The van der Waals surface area contributed by atoms with Crippen LogP contribution in [0, 0.1) is 0 Å². The summed E-state index contributed by atoms with van der Waals surface area (Å²) in [5.74, 6) is 0.634. The Hall–Kier alpha value is -1.05. The van der Waals surface area contributed by atoms with Crippen molar-refractivity contribution in [1.29, 1.82) is 0 Å². The Balaban J connectivity index is 3.77. The largest absolute Gasteiger partial charge is 0.470 e. The zero-order valence-electron chi connectivity index (χ0n) is 7.26. The van der Waals surface area contributed by atoms with Gasteiger partial charge in [0.05, 0.1) is 6.26 Å². The van der Waals surface area contributed by atoms with Crippen molar-refractivity contribution in [3.8, 4) is 0 Å². The third-order valence-corrected chi connectivity index (χ3v) is 0.992. The highest BCUT2D eigenvalue weighted by atomic mass is 16.5. The first-order valence-corrected chi connectivity index (χ1v) is 3.67. The molecule has 0 rings (SSSR count). The van der Waals surface area contributed by atoms with E-state index in [0.717, 1.165) is 6.42 Å². The zero-order chi connectivity index (χ0) is 8.69. The first-order chi connectivity index (χ1) is 5.16. The standard InChI is InChI=1S/C9H14O2/c1-4-5-6-11-9(3)7-8(2)10/h5-7H,4H2,1-3H3/b6-5+,9-7-. The molecule has 0 amide bonds. The van der Waals surface area contributed by atoms with Crippen LogP contribution < -0.4 is 0 Å². The molecule has 0 fully saturated rings. The van der Waals surface area contributed by atoms with Crippen LogP contribution in [0.15, 0.2) is 24.2 Å². The maximum absolute atomic E-state index is 10.5. The maximum Gasteiger partial charge on any atom is 0.155 e. The summed E-state index contributed by atoms with van der Waals surface area (Å²) in [4.78, 5) is 10.5. The Bertz CT molecular complexity index is 178. The van der Waals surface area contributed by atoms with E-state index in [1.54, 1.807) is 13.2 Å². The van der Waals surface area contributed by atoms with Crippen LogP contribution in [0.4, 0.5) is 0 Å². The maximum atomic E-state index is 10.5. The molecule has 0 saturated heterocycles. The van der Waals surface area contributed by atoms with Crippen molar-refractivity contribution in [3.63, 3.8) is 0 Å². The van der Waals surface area contributed by atoms with Gasteiger partial charge >= 0.3 is 0 Å². The number of carbonyl (C=O) groups is 1. The van der Waals surface area contributed by atoms with Gasteiger partial charge < -0.3 is 4.74 Å². The van der Waals surface area contributed by atoms with Gasteiger partial charge in [-0.05, 0) is 26.3 Å². The number of rotatable bonds is 4. The first kappa shape index (κ1) is 9.95. The summed E-state index contributed by atoms with van der Waals surface area (Å²) in [7, 11) is 0. The lowest BCUT2D eigenvalue weighted by Gasteiger charge is -1.96. The second kappa shape index (κ2) is 5.71. The SMILES string of the molecule is CC/C=C/O/C(C)=C\C(C)=O. The third-order valence-electron chi connectivity index (χ3n) is 0.992. The summed E-state index contributed by atoms with van der Waals surface area (Å²) >= 11 is 0. The molecule has 0 aliphatic rings. The van der Waals surface area contributed by atoms with Gasteiger partial charge in [-0.1, -0.05) is 6.92 Å². The second-order valence-electron chi connectivity index (χ2n) is 2.26. The molecule has 62 valence electrons. The fourth-order valence-electron chi connectivity index (χ4n) is 0.572. The van der Waals surface area contributed by atoms with E-state index in [2.05, 4.69) is 0 Å². The first-order valence-electron chi connectivity index (χ1n) is 3.67. The lowest BCUT2D eigenvalue weighted by atomic mass is 10.4. The number of hydrogen-bond donors (Lipinski definition) is 0. The topological polar surface area (TPSA) is 26.3 Å². The predicted octanol–water partition coefficient (Wildman–Crippen LogP) is 2.42. The number of carbonyl (C=O) groups excluding carboxylic acids is 1. The molecule has 0 aromatic heterocycles. The quantitative estimate of drug-likeness (QED) is 0.459. The molecule has 0 radical (unpaired) electrons. The van der Waals surface area contributed by atoms with Gasteiger partial charge in [-0.25, -0.2) is 0 Å². The molecule has 11 heavy (non-hydrogen) atoms. The molecule has 0 heterocycles. The minimum atomic E-state index is 0.00685. The van der Waals surface area contributed by atoms with Crippen molar-refractivity contribution in [2.75, 3.05) is 0 Å². The predicted molar refractivity (Wildman–Crippen MR) is 45.0 cm³/mol. The van der Waals surface area contributed by atoms with E-state index in [0.29, 0.717) is 5.76 Å². The molecule has 0 aliphatic heterocycles. The van der Waals surface area contributed by atoms with E-state index >= 15 is 0 Å². The fourth-order valence-corrected chi connectivity index (χ4v) is 0.572. The summed E-state index contributed by atoms with van der Waals surface area (Å²) in [6.07, 6.45) is 5.87. The molecule has 2 heteroatoms. The summed E-state index contributed by atoms with van der Waals surface area (Å²) in [5, 5.41) is 0. The summed E-state index contributed by atoms with van der Waals surface area (Å²) in [6.45, 7) is 5.27. The van der Waals surface area contributed by atoms with Gasteiger partial charge in [0.25, 0.3) is 0 Å². The van der Waals surface area contributed by atoms with E-state index in [4.69, 9.17) is 4.74 Å². The van der Waals surface area contributed by atoms with Crippen molar-refractivity contribution in [1.82, 2.24) is 0 Å². The molecular weight excluding hydrogens is 140 g/mol. The van der Waals surface area contributed by atoms with Crippen LogP contribution in [0.1, 0.15) is 27.2 Å². The Kier molecular flexibility index (Phi) is 5.17. The van der Waals surface area contributed by atoms with Crippen LogP contribution in [0.3, 0.4) is 0 Å². The van der Waals surface area contributed by atoms with Gasteiger partial charge in [0.1, 0.15) is 5.76 Å². The Morgan fingerprint density at radius 2 is 2.09 bits per heavy atom. The monoisotopic (exact) mass is 154 g/mol. The molecule has 0 atom stereocenters. The summed E-state index contributed by atoms with van der Waals surface area (Å²) in [6, 6.07) is 0. The van der Waals surface area contributed by atoms with Gasteiger partial charge in [0.2, 0.25) is 0 Å². The van der Waals surface area contributed by atoms with Crippen molar-refractivity contribution in [2.24, 2.45) is 0 Å². The number of ketones is 1. The highest BCUT2D eigenvalue weighted by Crippen LogP contribution is 1.96. The van der Waals surface area contributed by atoms with Gasteiger partial charge in [-0.15, -0.1) is 0 Å². The minimum absolute atomic E-state index is 0.00685. The molecule has 2 nitrogen and oxygen atoms in total. The van der Waals surface area contributed by atoms with Crippen LogP contribution in [-0.4, -0.2) is 5.78 Å². The molecule has 0 aliphatic carbocycles. The molecule has 0 saturated carbocycles. The van der Waals surface area contributed by atoms with Crippen LogP contribution in [0.2, 0.25) is 0 Å². The molecule has 0 unspecified atom stereocenters. The number of allylic oxidation sites excluding steroid dienone is 3. The van der Waals surface area contributed by atoms with Gasteiger partial charge in [-0.2, -0.15) is 0 Å². The van der Waals surface area contributed by atoms with Crippen LogP contribution in [0.25, 0.3) is 0 Å². The van der Waals surface area contributed by atoms with Crippen LogP contribution in [0.5, 0.6) is 0 Å². The lowest BCUT2D eigenvalue weighted by Crippen LogP contribution is -1.86. The normalized spacial score (nSPS) is 12.1. The van der Waals surface area contributed by atoms with Crippen molar-refractivity contribution < 1.29 is 9.53 Å². The average Bonchev–Trinajstić information content (AvgIpc) is 1.86. The van der Waals surface area contributed by atoms with Gasteiger partial charge in [0, 0.05) is 6.08 Å². The Labute approximate surface area is 67.6 Å². The minimum Gasteiger partial charge on any atom is -0.470 e. The number of ether oxygens (including phenoxy) is 1. The lowest BCUT2D eigenvalue weighted by molar-refractivity contribution is -0.112. The van der Waals surface area contributed by atoms with Gasteiger partial charge in [0.15, 0.2) is 5.78 Å². The van der Waals surface area contributed by atoms with E-state index < -0.39 is 0 Å². The zero-order valence-corrected chi connectivity index (χ0v) is 7.26. The third kappa shape index (κ3) is 6.84. The van der Waals surface area contributed by atoms with Crippen LogP contribution >= 0.6 is 0 Å². The van der Waals surface area contributed by atoms with Gasteiger partial charge in [-0.3, -0.25) is 4.79 Å². The van der Waals surface area contributed by atoms with E-state index in [1.807, 2.05) is 13.0 Å². The molecular formula is C9H14O2. The number of hydrogen-bond acceptors (Lipinski definition) is 2. The Morgan fingerprint density at radius 3 is 2.55 bits per heavy atom. The van der Waals surface area contributed by atoms with E-state index in [-0.39, 0.29) is 5.78 Å². The highest BCUT2D eigenvalue weighted by Gasteiger charge is 1.88. The molecule has 0 N–H and O–H groups in total. The van der Waals surface area contributed by atoms with Crippen molar-refractivity contribution in [2.45, 2.75) is 27.2 Å². The Morgan fingerprint density at radius 1 is 1.45 bits per heavy atom. The molecule has 0 aromatic rings. The second-order valence-corrected chi connectivity index (χ2v) is 2.26. The van der Waals surface area contributed by atoms with Crippen LogP contribution in [-0.2, 0) is 9.53 Å². The van der Waals surface area contributed by atoms with E-state index in [9.17, 15) is 4.79 Å². The summed E-state index contributed by atoms with van der Waals surface area (Å²) < 4.78 is 5.05. The fraction of sp³-hybridized carbons (Fsp3) is 0.444. The highest BCUT2D eigenvalue weighted by molar-refractivity contribution is 5.87. The van der Waals surface area contributed by atoms with E-state index in [1.165, 1.54) is 13.0 Å². The molecule has 0 bridgehead atoms. The molecule has 0 spiro atoms. The summed E-state index contributed by atoms with van der Waals surface area (Å²) in [5.41, 5.74) is 0. The van der Waals surface area contributed by atoms with Crippen molar-refractivity contribution >= 4 is 5.78 Å². The van der Waals surface area contributed by atoms with Crippen molar-refractivity contribution in [3.05, 3.63) is 24.2 Å². The molecule has 0 aromatic carbocycles. The average molecular weight is 154 g/mol.